The minimum absolute atomic E-state index is 0.0611. The second-order valence-electron chi connectivity index (χ2n) is 10.6. The second kappa shape index (κ2) is 7.56. The van der Waals surface area contributed by atoms with Gasteiger partial charge in [0.1, 0.15) is 0 Å². The lowest BCUT2D eigenvalue weighted by atomic mass is 9.46. The van der Waals surface area contributed by atoms with Gasteiger partial charge in [-0.05, 0) is 81.1 Å². The summed E-state index contributed by atoms with van der Waals surface area (Å²) in [5, 5.41) is 0. The number of ether oxygens (including phenoxy) is 2. The van der Waals surface area contributed by atoms with Crippen molar-refractivity contribution in [1.29, 1.82) is 0 Å². The summed E-state index contributed by atoms with van der Waals surface area (Å²) in [7, 11) is 0. The SMILES string of the molecule is CC(=O)OCC(=O)O[C@]1(C(C)=O)CC[C@H]2[C@@H]3CCC4=CC(=O)CC[C@]4(C)[C@H]3CC[C@@]21C. The van der Waals surface area contributed by atoms with Gasteiger partial charge in [-0.25, -0.2) is 4.79 Å². The minimum Gasteiger partial charge on any atom is -0.454 e. The number of carbonyl (C=O) groups is 4. The smallest absolute Gasteiger partial charge is 0.345 e. The van der Waals surface area contributed by atoms with E-state index in [1.54, 1.807) is 0 Å². The predicted molar refractivity (Wildman–Crippen MR) is 113 cm³/mol. The van der Waals surface area contributed by atoms with Crippen LogP contribution in [0, 0.1) is 28.6 Å². The largest absolute Gasteiger partial charge is 0.454 e. The van der Waals surface area contributed by atoms with E-state index in [1.807, 2.05) is 6.08 Å². The fourth-order valence-electron chi connectivity index (χ4n) is 7.76. The first-order valence-corrected chi connectivity index (χ1v) is 11.6. The zero-order valence-electron chi connectivity index (χ0n) is 19.1. The van der Waals surface area contributed by atoms with Crippen LogP contribution in [-0.2, 0) is 28.7 Å². The molecule has 0 spiro atoms. The fraction of sp³-hybridized carbons (Fsp3) is 0.760. The monoisotopic (exact) mass is 430 g/mol. The molecule has 3 saturated carbocycles. The first kappa shape index (κ1) is 22.2. The van der Waals surface area contributed by atoms with Crippen LogP contribution < -0.4 is 0 Å². The van der Waals surface area contributed by atoms with Crippen LogP contribution in [0.4, 0.5) is 0 Å². The van der Waals surface area contributed by atoms with Crippen molar-refractivity contribution in [1.82, 2.24) is 0 Å². The first-order valence-electron chi connectivity index (χ1n) is 11.6. The van der Waals surface area contributed by atoms with Gasteiger partial charge in [-0.2, -0.15) is 0 Å². The lowest BCUT2D eigenvalue weighted by molar-refractivity contribution is -0.192. The molecule has 0 saturated heterocycles. The highest BCUT2D eigenvalue weighted by atomic mass is 16.6. The summed E-state index contributed by atoms with van der Waals surface area (Å²) in [6.07, 6.45) is 8.56. The van der Waals surface area contributed by atoms with Crippen molar-refractivity contribution < 1.29 is 28.7 Å². The molecule has 0 heterocycles. The molecule has 0 N–H and O–H groups in total. The molecule has 4 aliphatic carbocycles. The third-order valence-corrected chi connectivity index (χ3v) is 9.33. The van der Waals surface area contributed by atoms with Crippen molar-refractivity contribution in [2.45, 2.75) is 84.7 Å². The van der Waals surface area contributed by atoms with E-state index in [1.165, 1.54) is 19.4 Å². The van der Waals surface area contributed by atoms with Crippen LogP contribution in [0.5, 0.6) is 0 Å². The van der Waals surface area contributed by atoms with Gasteiger partial charge in [-0.15, -0.1) is 0 Å². The molecule has 170 valence electrons. The van der Waals surface area contributed by atoms with Crippen molar-refractivity contribution in [3.63, 3.8) is 0 Å². The highest BCUT2D eigenvalue weighted by molar-refractivity contribution is 5.92. The molecule has 0 unspecified atom stereocenters. The number of hydrogen-bond acceptors (Lipinski definition) is 6. The fourth-order valence-corrected chi connectivity index (χ4v) is 7.76. The van der Waals surface area contributed by atoms with Gasteiger partial charge in [0.25, 0.3) is 0 Å². The maximum absolute atomic E-state index is 13.0. The van der Waals surface area contributed by atoms with Gasteiger partial charge in [0.05, 0.1) is 0 Å². The molecule has 31 heavy (non-hydrogen) atoms. The summed E-state index contributed by atoms with van der Waals surface area (Å²) in [5.74, 6) is 0.199. The van der Waals surface area contributed by atoms with E-state index in [0.717, 1.165) is 38.5 Å². The third kappa shape index (κ3) is 3.28. The number of fused-ring (bicyclic) bond motifs is 5. The molecule has 3 fully saturated rings. The third-order valence-electron chi connectivity index (χ3n) is 9.33. The first-order chi connectivity index (χ1) is 14.5. The van der Waals surface area contributed by atoms with Crippen molar-refractivity contribution in [3.05, 3.63) is 11.6 Å². The minimum atomic E-state index is -1.15. The molecule has 0 aliphatic heterocycles. The van der Waals surface area contributed by atoms with Gasteiger partial charge >= 0.3 is 11.9 Å². The predicted octanol–water partition coefficient (Wildman–Crippen LogP) is 3.95. The normalized spacial score (nSPS) is 41.4. The summed E-state index contributed by atoms with van der Waals surface area (Å²) in [5.41, 5.74) is -0.198. The van der Waals surface area contributed by atoms with Crippen LogP contribution in [-0.4, -0.2) is 35.7 Å². The molecule has 6 heteroatoms. The van der Waals surface area contributed by atoms with Gasteiger partial charge in [0.2, 0.25) is 0 Å². The van der Waals surface area contributed by atoms with E-state index in [-0.39, 0.29) is 17.0 Å². The Bertz CT molecular complexity index is 858. The van der Waals surface area contributed by atoms with Gasteiger partial charge in [-0.1, -0.05) is 19.4 Å². The van der Waals surface area contributed by atoms with Crippen LogP contribution in [0.2, 0.25) is 0 Å². The number of esters is 2. The van der Waals surface area contributed by atoms with Crippen LogP contribution in [0.1, 0.15) is 79.1 Å². The standard InChI is InChI=1S/C25H34O6/c1-15(26)25(31-22(29)14-30-16(2)27)12-9-21-19-6-5-17-13-18(28)7-10-23(17,3)20(19)8-11-24(21,25)4/h13,19-21H,5-12,14H2,1-4H3/t19-,20+,21+,23+,24+,25+/m1/s1. The highest BCUT2D eigenvalue weighted by Gasteiger charge is 2.67. The summed E-state index contributed by atoms with van der Waals surface area (Å²) < 4.78 is 10.7. The van der Waals surface area contributed by atoms with Crippen LogP contribution in [0.3, 0.4) is 0 Å². The molecule has 0 aromatic rings. The molecule has 0 radical (unpaired) electrons. The molecule has 0 amide bonds. The van der Waals surface area contributed by atoms with Crippen LogP contribution >= 0.6 is 0 Å². The Morgan fingerprint density at radius 2 is 1.71 bits per heavy atom. The number of carbonyl (C=O) groups excluding carboxylic acids is 4. The van der Waals surface area contributed by atoms with E-state index in [9.17, 15) is 19.2 Å². The van der Waals surface area contributed by atoms with Crippen LogP contribution in [0.25, 0.3) is 0 Å². The molecular weight excluding hydrogens is 396 g/mol. The van der Waals surface area contributed by atoms with E-state index in [0.29, 0.717) is 30.6 Å². The van der Waals surface area contributed by atoms with Crippen molar-refractivity contribution in [2.24, 2.45) is 28.6 Å². The number of rotatable bonds is 4. The molecule has 0 aromatic carbocycles. The van der Waals surface area contributed by atoms with Gasteiger partial charge in [-0.3, -0.25) is 14.4 Å². The molecule has 6 nitrogen and oxygen atoms in total. The van der Waals surface area contributed by atoms with Crippen molar-refractivity contribution >= 4 is 23.5 Å². The lowest BCUT2D eigenvalue weighted by Crippen LogP contribution is -2.59. The number of allylic oxidation sites excluding steroid dienone is 1. The highest BCUT2D eigenvalue weighted by Crippen LogP contribution is 2.68. The van der Waals surface area contributed by atoms with E-state index < -0.39 is 29.6 Å². The van der Waals surface area contributed by atoms with Crippen molar-refractivity contribution in [3.8, 4) is 0 Å². The number of hydrogen-bond donors (Lipinski definition) is 0. The van der Waals surface area contributed by atoms with Crippen LogP contribution in [0.15, 0.2) is 11.6 Å². The average Bonchev–Trinajstić information content (AvgIpc) is 3.00. The number of Topliss-reactive ketones (excluding diaryl/α,β-unsaturated/α-hetero) is 1. The van der Waals surface area contributed by atoms with E-state index in [4.69, 9.17) is 9.47 Å². The summed E-state index contributed by atoms with van der Waals surface area (Å²) >= 11 is 0. The molecule has 6 atom stereocenters. The van der Waals surface area contributed by atoms with Gasteiger partial charge in [0.15, 0.2) is 23.8 Å². The summed E-state index contributed by atoms with van der Waals surface area (Å²) in [6, 6.07) is 0. The number of ketones is 2. The quantitative estimate of drug-likeness (QED) is 0.628. The second-order valence-corrected chi connectivity index (χ2v) is 10.6. The zero-order valence-corrected chi connectivity index (χ0v) is 19.1. The maximum Gasteiger partial charge on any atom is 0.345 e. The molecule has 0 aromatic heterocycles. The molecule has 4 aliphatic rings. The average molecular weight is 431 g/mol. The Hall–Kier alpha value is -1.98. The summed E-state index contributed by atoms with van der Waals surface area (Å²) in [6.45, 7) is 6.76. The van der Waals surface area contributed by atoms with Crippen molar-refractivity contribution in [2.75, 3.05) is 6.61 Å². The molecule has 4 rings (SSSR count). The zero-order chi connectivity index (χ0) is 22.6. The van der Waals surface area contributed by atoms with E-state index >= 15 is 0 Å². The molecule has 0 bridgehead atoms. The Kier molecular flexibility index (Phi) is 5.42. The topological polar surface area (TPSA) is 86.7 Å². The van der Waals surface area contributed by atoms with Gasteiger partial charge in [0, 0.05) is 18.8 Å². The Balaban J connectivity index is 1.62. The Morgan fingerprint density at radius 1 is 1.00 bits per heavy atom. The van der Waals surface area contributed by atoms with Gasteiger partial charge < -0.3 is 9.47 Å². The summed E-state index contributed by atoms with van der Waals surface area (Å²) in [4.78, 5) is 48.6. The Labute approximate surface area is 184 Å². The van der Waals surface area contributed by atoms with E-state index in [2.05, 4.69) is 13.8 Å². The lowest BCUT2D eigenvalue weighted by Gasteiger charge is -2.59. The maximum atomic E-state index is 13.0. The Morgan fingerprint density at radius 3 is 2.39 bits per heavy atom. The molecular formula is C25H34O6.